The Labute approximate surface area is 132 Å². The third-order valence-electron chi connectivity index (χ3n) is 3.66. The van der Waals surface area contributed by atoms with Crippen LogP contribution in [0.1, 0.15) is 33.8 Å². The minimum atomic E-state index is -1.13. The number of carboxylic acids is 1. The second-order valence-electron chi connectivity index (χ2n) is 5.31. The van der Waals surface area contributed by atoms with Gasteiger partial charge in [0.1, 0.15) is 6.26 Å². The number of rotatable bonds is 4. The minimum absolute atomic E-state index is 0.00418. The molecule has 0 aromatic carbocycles. The Hall–Kier alpha value is -2.90. The lowest BCUT2D eigenvalue weighted by atomic mass is 10.1. The number of furan rings is 1. The molecule has 8 nitrogen and oxygen atoms in total. The zero-order valence-corrected chi connectivity index (χ0v) is 12.3. The lowest BCUT2D eigenvalue weighted by molar-refractivity contribution is 0.0695. The van der Waals surface area contributed by atoms with E-state index in [0.29, 0.717) is 12.5 Å². The normalized spacial score (nSPS) is 17.7. The first-order valence-electron chi connectivity index (χ1n) is 7.28. The molecule has 120 valence electrons. The van der Waals surface area contributed by atoms with Crippen molar-refractivity contribution in [2.24, 2.45) is 0 Å². The van der Waals surface area contributed by atoms with Gasteiger partial charge in [-0.25, -0.2) is 14.8 Å². The van der Waals surface area contributed by atoms with Crippen LogP contribution in [-0.4, -0.2) is 46.1 Å². The van der Waals surface area contributed by atoms with Crippen LogP contribution in [0, 0.1) is 0 Å². The summed E-state index contributed by atoms with van der Waals surface area (Å²) in [5.41, 5.74) is -0.0434. The highest BCUT2D eigenvalue weighted by Gasteiger charge is 2.24. The molecule has 0 radical (unpaired) electrons. The number of carbonyl (C=O) groups excluding carboxylic acids is 1. The number of anilines is 1. The molecule has 23 heavy (non-hydrogen) atoms. The molecule has 1 aliphatic heterocycles. The summed E-state index contributed by atoms with van der Waals surface area (Å²) in [7, 11) is 0. The molecule has 1 aliphatic rings. The molecule has 1 fully saturated rings. The third kappa shape index (κ3) is 3.47. The minimum Gasteiger partial charge on any atom is -0.478 e. The van der Waals surface area contributed by atoms with Crippen LogP contribution in [-0.2, 0) is 0 Å². The first-order chi connectivity index (χ1) is 11.1. The summed E-state index contributed by atoms with van der Waals surface area (Å²) in [4.78, 5) is 33.4. The number of nitrogens with one attached hydrogen (secondary N) is 1. The standard InChI is InChI=1S/C15H16N4O4/c20-13(12-7-10(9-23-12)14(21)22)18-11-3-1-6-19(8-11)15-16-4-2-5-17-15/h2,4-5,7,9,11H,1,3,6,8H2,(H,18,20)(H,21,22). The average Bonchev–Trinajstić information content (AvgIpc) is 3.06. The molecule has 0 bridgehead atoms. The van der Waals surface area contributed by atoms with E-state index in [1.54, 1.807) is 18.5 Å². The van der Waals surface area contributed by atoms with Crippen LogP contribution in [0.4, 0.5) is 5.95 Å². The first-order valence-corrected chi connectivity index (χ1v) is 7.28. The van der Waals surface area contributed by atoms with Gasteiger partial charge in [0, 0.05) is 37.6 Å². The van der Waals surface area contributed by atoms with E-state index in [4.69, 9.17) is 9.52 Å². The highest BCUT2D eigenvalue weighted by molar-refractivity contribution is 5.95. The van der Waals surface area contributed by atoms with Gasteiger partial charge < -0.3 is 19.7 Å². The second kappa shape index (κ2) is 6.47. The highest BCUT2D eigenvalue weighted by Crippen LogP contribution is 2.16. The van der Waals surface area contributed by atoms with Crippen molar-refractivity contribution in [3.05, 3.63) is 42.1 Å². The van der Waals surface area contributed by atoms with Gasteiger partial charge in [-0.15, -0.1) is 0 Å². The van der Waals surface area contributed by atoms with Crippen molar-refractivity contribution in [2.75, 3.05) is 18.0 Å². The Morgan fingerprint density at radius 1 is 1.35 bits per heavy atom. The lowest BCUT2D eigenvalue weighted by Crippen LogP contribution is -2.48. The summed E-state index contributed by atoms with van der Waals surface area (Å²) >= 11 is 0. The van der Waals surface area contributed by atoms with Crippen LogP contribution in [0.3, 0.4) is 0 Å². The zero-order valence-electron chi connectivity index (χ0n) is 12.3. The first kappa shape index (κ1) is 15.0. The molecule has 0 aliphatic carbocycles. The number of amides is 1. The van der Waals surface area contributed by atoms with Crippen LogP contribution >= 0.6 is 0 Å². The highest BCUT2D eigenvalue weighted by atomic mass is 16.4. The Morgan fingerprint density at radius 2 is 2.13 bits per heavy atom. The molecule has 1 atom stereocenters. The van der Waals surface area contributed by atoms with Crippen molar-refractivity contribution in [1.82, 2.24) is 15.3 Å². The van der Waals surface area contributed by atoms with E-state index in [9.17, 15) is 9.59 Å². The molecular weight excluding hydrogens is 300 g/mol. The van der Waals surface area contributed by atoms with Crippen LogP contribution in [0.2, 0.25) is 0 Å². The molecule has 3 heterocycles. The molecular formula is C15H16N4O4. The summed E-state index contributed by atoms with van der Waals surface area (Å²) in [6, 6.07) is 2.90. The Morgan fingerprint density at radius 3 is 2.83 bits per heavy atom. The van der Waals surface area contributed by atoms with E-state index in [0.717, 1.165) is 25.6 Å². The van der Waals surface area contributed by atoms with Gasteiger partial charge in [0.2, 0.25) is 5.95 Å². The second-order valence-corrected chi connectivity index (χ2v) is 5.31. The van der Waals surface area contributed by atoms with E-state index in [2.05, 4.69) is 15.3 Å². The van der Waals surface area contributed by atoms with Crippen molar-refractivity contribution in [3.63, 3.8) is 0 Å². The molecule has 2 aromatic heterocycles. The van der Waals surface area contributed by atoms with Gasteiger partial charge in [-0.2, -0.15) is 0 Å². The maximum absolute atomic E-state index is 12.1. The Balaban J connectivity index is 1.63. The fourth-order valence-electron chi connectivity index (χ4n) is 2.56. The Bertz CT molecular complexity index is 701. The van der Waals surface area contributed by atoms with Crippen LogP contribution in [0.15, 0.2) is 35.2 Å². The van der Waals surface area contributed by atoms with E-state index in [1.165, 1.54) is 6.07 Å². The topological polar surface area (TPSA) is 109 Å². The molecule has 2 aromatic rings. The molecule has 8 heteroatoms. The van der Waals surface area contributed by atoms with Crippen LogP contribution in [0.25, 0.3) is 0 Å². The molecule has 1 saturated heterocycles. The quantitative estimate of drug-likeness (QED) is 0.871. The van der Waals surface area contributed by atoms with E-state index >= 15 is 0 Å². The SMILES string of the molecule is O=C(O)c1coc(C(=O)NC2CCCN(c3ncccn3)C2)c1. The third-order valence-corrected chi connectivity index (χ3v) is 3.66. The largest absolute Gasteiger partial charge is 0.478 e. The number of piperidine rings is 1. The van der Waals surface area contributed by atoms with Crippen molar-refractivity contribution < 1.29 is 19.1 Å². The molecule has 2 N–H and O–H groups in total. The fraction of sp³-hybridized carbons (Fsp3) is 0.333. The van der Waals surface area contributed by atoms with Gasteiger partial charge in [0.05, 0.1) is 5.56 Å². The molecule has 0 saturated carbocycles. The number of carboxylic acid groups (broad SMARTS) is 1. The van der Waals surface area contributed by atoms with Gasteiger partial charge >= 0.3 is 5.97 Å². The lowest BCUT2D eigenvalue weighted by Gasteiger charge is -2.32. The summed E-state index contributed by atoms with van der Waals surface area (Å²) in [5.74, 6) is -0.913. The molecule has 1 unspecified atom stereocenters. The smallest absolute Gasteiger partial charge is 0.338 e. The fourth-order valence-corrected chi connectivity index (χ4v) is 2.56. The monoisotopic (exact) mass is 316 g/mol. The maximum Gasteiger partial charge on any atom is 0.338 e. The molecule has 1 amide bonds. The van der Waals surface area contributed by atoms with Crippen LogP contribution in [0.5, 0.6) is 0 Å². The summed E-state index contributed by atoms with van der Waals surface area (Å²) in [5, 5.41) is 11.7. The van der Waals surface area contributed by atoms with Gasteiger partial charge in [-0.3, -0.25) is 4.79 Å². The number of aromatic carboxylic acids is 1. The van der Waals surface area contributed by atoms with Gasteiger partial charge in [0.25, 0.3) is 5.91 Å². The van der Waals surface area contributed by atoms with E-state index < -0.39 is 11.9 Å². The number of hydrogen-bond acceptors (Lipinski definition) is 6. The van der Waals surface area contributed by atoms with E-state index in [1.807, 2.05) is 4.90 Å². The van der Waals surface area contributed by atoms with Crippen molar-refractivity contribution >= 4 is 17.8 Å². The average molecular weight is 316 g/mol. The van der Waals surface area contributed by atoms with Gasteiger partial charge in [-0.05, 0) is 18.9 Å². The van der Waals surface area contributed by atoms with E-state index in [-0.39, 0.29) is 17.4 Å². The Kier molecular flexibility index (Phi) is 4.22. The number of carbonyl (C=O) groups is 2. The number of aromatic nitrogens is 2. The predicted octanol–water partition coefficient (Wildman–Crippen LogP) is 1.17. The van der Waals surface area contributed by atoms with Gasteiger partial charge in [0.15, 0.2) is 5.76 Å². The molecule has 3 rings (SSSR count). The summed E-state index contributed by atoms with van der Waals surface area (Å²) in [6.07, 6.45) is 6.16. The van der Waals surface area contributed by atoms with Crippen molar-refractivity contribution in [2.45, 2.75) is 18.9 Å². The van der Waals surface area contributed by atoms with Crippen molar-refractivity contribution in [3.8, 4) is 0 Å². The summed E-state index contributed by atoms with van der Waals surface area (Å²) < 4.78 is 5.01. The van der Waals surface area contributed by atoms with Gasteiger partial charge in [-0.1, -0.05) is 0 Å². The molecule has 0 spiro atoms. The maximum atomic E-state index is 12.1. The number of nitrogens with zero attached hydrogens (tertiary/aromatic N) is 3. The predicted molar refractivity (Wildman–Crippen MR) is 80.4 cm³/mol. The van der Waals surface area contributed by atoms with Crippen molar-refractivity contribution in [1.29, 1.82) is 0 Å². The summed E-state index contributed by atoms with van der Waals surface area (Å²) in [6.45, 7) is 1.43. The van der Waals surface area contributed by atoms with Crippen LogP contribution < -0.4 is 10.2 Å². The zero-order chi connectivity index (χ0) is 16.2. The number of hydrogen-bond donors (Lipinski definition) is 2.